The molecule has 1 unspecified atom stereocenters. The Morgan fingerprint density at radius 1 is 1.08 bits per heavy atom. The average molecular weight is 325 g/mol. The van der Waals surface area contributed by atoms with Crippen LogP contribution in [0.25, 0.3) is 0 Å². The van der Waals surface area contributed by atoms with Crippen molar-refractivity contribution in [2.45, 2.75) is 39.7 Å². The second-order valence-electron chi connectivity index (χ2n) is 7.04. The Labute approximate surface area is 144 Å². The fourth-order valence-corrected chi connectivity index (χ4v) is 3.75. The Bertz CT molecular complexity index is 767. The molecule has 0 aliphatic carbocycles. The summed E-state index contributed by atoms with van der Waals surface area (Å²) in [5.41, 5.74) is 7.38. The number of rotatable bonds is 3. The smallest absolute Gasteiger partial charge is 0.122 e. The first-order chi connectivity index (χ1) is 11.4. The van der Waals surface area contributed by atoms with Crippen LogP contribution in [-0.4, -0.2) is 30.7 Å². The number of benzene rings is 2. The second-order valence-corrected chi connectivity index (χ2v) is 7.04. The van der Waals surface area contributed by atoms with Crippen LogP contribution >= 0.6 is 0 Å². The summed E-state index contributed by atoms with van der Waals surface area (Å²) in [6.45, 7) is 7.26. The average Bonchev–Trinajstić information content (AvgIpc) is 2.55. The Kier molecular flexibility index (Phi) is 4.55. The Hall–Kier alpha value is -2.00. The van der Waals surface area contributed by atoms with Crippen molar-refractivity contribution in [2.24, 2.45) is 0 Å². The van der Waals surface area contributed by atoms with Crippen LogP contribution in [0, 0.1) is 20.8 Å². The second kappa shape index (κ2) is 6.48. The number of hydrogen-bond acceptors (Lipinski definition) is 3. The minimum atomic E-state index is 0.298. The lowest BCUT2D eigenvalue weighted by Gasteiger charge is -2.35. The summed E-state index contributed by atoms with van der Waals surface area (Å²) in [5, 5.41) is 10.2. The van der Waals surface area contributed by atoms with Crippen molar-refractivity contribution < 1.29 is 9.84 Å². The van der Waals surface area contributed by atoms with Gasteiger partial charge >= 0.3 is 0 Å². The van der Waals surface area contributed by atoms with Gasteiger partial charge in [0.2, 0.25) is 0 Å². The van der Waals surface area contributed by atoms with Gasteiger partial charge < -0.3 is 9.84 Å². The van der Waals surface area contributed by atoms with E-state index in [2.05, 4.69) is 44.0 Å². The first-order valence-electron chi connectivity index (χ1n) is 8.57. The van der Waals surface area contributed by atoms with Crippen LogP contribution in [0.15, 0.2) is 24.3 Å². The van der Waals surface area contributed by atoms with Gasteiger partial charge in [-0.3, -0.25) is 4.90 Å². The minimum absolute atomic E-state index is 0.298. The summed E-state index contributed by atoms with van der Waals surface area (Å²) in [4.78, 5) is 2.40. The van der Waals surface area contributed by atoms with E-state index < -0.39 is 0 Å². The minimum Gasteiger partial charge on any atom is -0.508 e. The Morgan fingerprint density at radius 2 is 1.83 bits per heavy atom. The van der Waals surface area contributed by atoms with Crippen LogP contribution < -0.4 is 4.74 Å². The van der Waals surface area contributed by atoms with E-state index in [0.29, 0.717) is 11.8 Å². The van der Waals surface area contributed by atoms with E-state index in [1.807, 2.05) is 13.0 Å². The number of hydrogen-bond donors (Lipinski definition) is 1. The Balaban J connectivity index is 1.99. The molecule has 0 saturated carbocycles. The van der Waals surface area contributed by atoms with Crippen LogP contribution in [-0.2, 0) is 12.8 Å². The molecule has 1 aliphatic rings. The number of fused-ring (bicyclic) bond motifs is 1. The number of ether oxygens (including phenoxy) is 1. The molecule has 3 rings (SSSR count). The maximum atomic E-state index is 10.2. The summed E-state index contributed by atoms with van der Waals surface area (Å²) in [5.74, 6) is 1.35. The predicted molar refractivity (Wildman–Crippen MR) is 98.1 cm³/mol. The maximum Gasteiger partial charge on any atom is 0.122 e. The molecule has 3 heteroatoms. The van der Waals surface area contributed by atoms with E-state index in [9.17, 15) is 5.11 Å². The van der Waals surface area contributed by atoms with Gasteiger partial charge in [0.25, 0.3) is 0 Å². The van der Waals surface area contributed by atoms with Crippen LogP contribution in [0.5, 0.6) is 11.5 Å². The van der Waals surface area contributed by atoms with Gasteiger partial charge in [0.1, 0.15) is 11.5 Å². The lowest BCUT2D eigenvalue weighted by Crippen LogP contribution is -2.33. The van der Waals surface area contributed by atoms with Crippen LogP contribution in [0.1, 0.15) is 39.4 Å². The molecule has 1 heterocycles. The molecule has 128 valence electrons. The van der Waals surface area contributed by atoms with Gasteiger partial charge in [-0.25, -0.2) is 0 Å². The molecule has 2 aromatic carbocycles. The lowest BCUT2D eigenvalue weighted by molar-refractivity contribution is 0.228. The highest BCUT2D eigenvalue weighted by atomic mass is 16.5. The number of phenolic OH excluding ortho intramolecular Hbond substituents is 1. The number of methoxy groups -OCH3 is 1. The van der Waals surface area contributed by atoms with Crippen LogP contribution in [0.2, 0.25) is 0 Å². The first-order valence-corrected chi connectivity index (χ1v) is 8.57. The summed E-state index contributed by atoms with van der Waals surface area (Å²) < 4.78 is 5.43. The molecule has 1 aliphatic heterocycles. The largest absolute Gasteiger partial charge is 0.508 e. The van der Waals surface area contributed by atoms with Gasteiger partial charge in [-0.2, -0.15) is 0 Å². The molecule has 1 atom stereocenters. The van der Waals surface area contributed by atoms with E-state index in [0.717, 1.165) is 30.7 Å². The summed E-state index contributed by atoms with van der Waals surface area (Å²) in [7, 11) is 3.90. The van der Waals surface area contributed by atoms with E-state index in [-0.39, 0.29) is 0 Å². The molecule has 0 saturated heterocycles. The molecule has 0 amide bonds. The quantitative estimate of drug-likeness (QED) is 0.922. The van der Waals surface area contributed by atoms with Crippen molar-refractivity contribution in [3.8, 4) is 11.5 Å². The molecule has 24 heavy (non-hydrogen) atoms. The zero-order valence-corrected chi connectivity index (χ0v) is 15.3. The maximum absolute atomic E-state index is 10.2. The van der Waals surface area contributed by atoms with E-state index in [4.69, 9.17) is 4.74 Å². The summed E-state index contributed by atoms with van der Waals surface area (Å²) >= 11 is 0. The van der Waals surface area contributed by atoms with Crippen molar-refractivity contribution in [1.82, 2.24) is 4.90 Å². The van der Waals surface area contributed by atoms with Gasteiger partial charge in [0, 0.05) is 12.6 Å². The third-order valence-corrected chi connectivity index (χ3v) is 5.35. The number of aryl methyl sites for hydroxylation is 3. The molecule has 0 spiro atoms. The summed E-state index contributed by atoms with van der Waals surface area (Å²) in [6.07, 6.45) is 1.99. The zero-order chi connectivity index (χ0) is 17.4. The molecule has 1 N–H and O–H groups in total. The number of phenols is 1. The van der Waals surface area contributed by atoms with Gasteiger partial charge in [-0.05, 0) is 86.2 Å². The van der Waals surface area contributed by atoms with Crippen molar-refractivity contribution in [1.29, 1.82) is 0 Å². The fraction of sp³-hybridized carbons (Fsp3) is 0.429. The third kappa shape index (κ3) is 3.01. The van der Waals surface area contributed by atoms with Gasteiger partial charge in [0.05, 0.1) is 7.11 Å². The van der Waals surface area contributed by atoms with Gasteiger partial charge in [0.15, 0.2) is 0 Å². The molecule has 0 radical (unpaired) electrons. The molecular formula is C21H27NO2. The van der Waals surface area contributed by atoms with E-state index >= 15 is 0 Å². The third-order valence-electron chi connectivity index (χ3n) is 5.35. The van der Waals surface area contributed by atoms with Crippen molar-refractivity contribution in [3.63, 3.8) is 0 Å². The molecule has 0 bridgehead atoms. The van der Waals surface area contributed by atoms with Crippen molar-refractivity contribution in [3.05, 3.63) is 57.6 Å². The normalized spacial score (nSPS) is 17.6. The zero-order valence-electron chi connectivity index (χ0n) is 15.3. The molecular weight excluding hydrogens is 298 g/mol. The predicted octanol–water partition coefficient (Wildman–Crippen LogP) is 4.10. The monoisotopic (exact) mass is 325 g/mol. The topological polar surface area (TPSA) is 32.7 Å². The SMILES string of the molecule is COc1cc(C)c(CC2c3cc(O)c(C)cc3CCN2C)cc1C. The van der Waals surface area contributed by atoms with Crippen LogP contribution in [0.3, 0.4) is 0 Å². The van der Waals surface area contributed by atoms with Crippen LogP contribution in [0.4, 0.5) is 0 Å². The van der Waals surface area contributed by atoms with E-state index in [1.165, 1.54) is 27.8 Å². The highest BCUT2D eigenvalue weighted by Crippen LogP contribution is 2.36. The molecule has 0 fully saturated rings. The van der Waals surface area contributed by atoms with E-state index in [1.54, 1.807) is 7.11 Å². The number of aromatic hydroxyl groups is 1. The highest BCUT2D eigenvalue weighted by Gasteiger charge is 2.26. The molecule has 3 nitrogen and oxygen atoms in total. The molecule has 0 aromatic heterocycles. The number of nitrogens with zero attached hydrogens (tertiary/aromatic N) is 1. The Morgan fingerprint density at radius 3 is 2.54 bits per heavy atom. The fourth-order valence-electron chi connectivity index (χ4n) is 3.75. The first kappa shape index (κ1) is 16.8. The van der Waals surface area contributed by atoms with Gasteiger partial charge in [-0.15, -0.1) is 0 Å². The number of likely N-dealkylation sites (N-methyl/N-ethyl adjacent to an activating group) is 1. The standard InChI is InChI=1S/C21H27NO2/c1-13-10-21(24-5)15(3)9-17(13)11-19-18-12-20(23)14(2)8-16(18)6-7-22(19)4/h8-10,12,19,23H,6-7,11H2,1-5H3. The lowest BCUT2D eigenvalue weighted by atomic mass is 9.86. The highest BCUT2D eigenvalue weighted by molar-refractivity contribution is 5.46. The van der Waals surface area contributed by atoms with Gasteiger partial charge in [-0.1, -0.05) is 12.1 Å². The summed E-state index contributed by atoms with van der Waals surface area (Å²) in [6, 6.07) is 8.78. The molecule has 2 aromatic rings. The van der Waals surface area contributed by atoms with Crippen molar-refractivity contribution >= 4 is 0 Å². The van der Waals surface area contributed by atoms with Crippen molar-refractivity contribution in [2.75, 3.05) is 20.7 Å².